The summed E-state index contributed by atoms with van der Waals surface area (Å²) < 4.78 is 47.6. The fourth-order valence-corrected chi connectivity index (χ4v) is 5.76. The van der Waals surface area contributed by atoms with E-state index in [0.717, 1.165) is 11.8 Å². The van der Waals surface area contributed by atoms with Gasteiger partial charge in [0.1, 0.15) is 5.75 Å². The molecule has 31 heavy (non-hydrogen) atoms. The molecule has 3 aromatic rings. The molecule has 6 nitrogen and oxygen atoms in total. The minimum Gasteiger partial charge on any atom is -0.493 e. The summed E-state index contributed by atoms with van der Waals surface area (Å²) in [5.41, 5.74) is 0.822. The number of hydrogen-bond acceptors (Lipinski definition) is 6. The number of nitrogens with zero attached hydrogens (tertiary/aromatic N) is 1. The van der Waals surface area contributed by atoms with Crippen LogP contribution >= 0.6 is 11.3 Å². The number of ether oxygens (including phenoxy) is 1. The van der Waals surface area contributed by atoms with Gasteiger partial charge in [-0.25, -0.2) is 12.8 Å². The van der Waals surface area contributed by atoms with E-state index in [1.165, 1.54) is 34.2 Å². The van der Waals surface area contributed by atoms with E-state index in [1.807, 2.05) is 0 Å². The Morgan fingerprint density at radius 3 is 2.74 bits per heavy atom. The van der Waals surface area contributed by atoms with Gasteiger partial charge in [0.05, 0.1) is 28.3 Å². The first kappa shape index (κ1) is 22.0. The Labute approximate surface area is 183 Å². The van der Waals surface area contributed by atoms with E-state index < -0.39 is 21.1 Å². The predicted molar refractivity (Wildman–Crippen MR) is 119 cm³/mol. The molecule has 0 amide bonds. The predicted octanol–water partition coefficient (Wildman–Crippen LogP) is 3.43. The van der Waals surface area contributed by atoms with E-state index in [1.54, 1.807) is 31.4 Å². The molecule has 1 atom stereocenters. The van der Waals surface area contributed by atoms with Gasteiger partial charge in [-0.05, 0) is 34.6 Å². The monoisotopic (exact) mass is 465 g/mol. The Morgan fingerprint density at radius 1 is 1.29 bits per heavy atom. The average molecular weight is 466 g/mol. The lowest BCUT2D eigenvalue weighted by Crippen LogP contribution is -2.37. The summed E-state index contributed by atoms with van der Waals surface area (Å²) in [4.78, 5) is 12.1. The first-order chi connectivity index (χ1) is 14.4. The van der Waals surface area contributed by atoms with Crippen molar-refractivity contribution in [3.8, 4) is 5.75 Å². The Balaban J connectivity index is 1.69. The van der Waals surface area contributed by atoms with Crippen LogP contribution in [0.3, 0.4) is 0 Å². The summed E-state index contributed by atoms with van der Waals surface area (Å²) in [7, 11) is -3.47. The standard InChI is InChI=1S/C22H24FNO5S2/c1-21(2,16-11-15(31(3,27)28)10-14-5-8-29-19(14)16)12-22(23,26)13-24-7-4-18(25)20-17(24)6-9-30-20/h4,6-7,9-11,26H,5,8,12-13H2,1-3H3. The van der Waals surface area contributed by atoms with E-state index in [4.69, 9.17) is 4.74 Å². The molecule has 4 rings (SSSR count). The fourth-order valence-electron chi connectivity index (χ4n) is 4.25. The van der Waals surface area contributed by atoms with Crippen LogP contribution in [0.15, 0.2) is 45.5 Å². The summed E-state index contributed by atoms with van der Waals surface area (Å²) in [6.45, 7) is 3.58. The second kappa shape index (κ2) is 7.43. The molecule has 0 spiro atoms. The van der Waals surface area contributed by atoms with Crippen molar-refractivity contribution in [2.75, 3.05) is 12.9 Å². The van der Waals surface area contributed by atoms with E-state index in [2.05, 4.69) is 0 Å². The van der Waals surface area contributed by atoms with Gasteiger partial charge in [0.25, 0.3) is 0 Å². The molecule has 166 valence electrons. The number of halogens is 1. The minimum atomic E-state index is -3.47. The Kier molecular flexibility index (Phi) is 5.27. The molecule has 2 aromatic heterocycles. The molecule has 0 radical (unpaired) electrons. The maximum atomic E-state index is 15.5. The summed E-state index contributed by atoms with van der Waals surface area (Å²) in [6, 6.07) is 6.20. The summed E-state index contributed by atoms with van der Waals surface area (Å²) in [6.07, 6.45) is 2.89. The normalized spacial score (nSPS) is 16.2. The molecule has 1 aromatic carbocycles. The average Bonchev–Trinajstić information content (AvgIpc) is 3.30. The van der Waals surface area contributed by atoms with E-state index >= 15 is 4.39 Å². The lowest BCUT2D eigenvalue weighted by atomic mass is 9.78. The molecule has 1 aliphatic rings. The highest BCUT2D eigenvalue weighted by atomic mass is 32.2. The first-order valence-corrected chi connectivity index (χ1v) is 12.6. The SMILES string of the molecule is CC(C)(CC(O)(F)Cn1ccc(=O)c2sccc21)c1cc(S(C)(=O)=O)cc2c1OCC2. The summed E-state index contributed by atoms with van der Waals surface area (Å²) in [5, 5.41) is 12.4. The molecule has 1 aliphatic heterocycles. The second-order valence-electron chi connectivity index (χ2n) is 8.75. The van der Waals surface area contributed by atoms with E-state index in [0.29, 0.717) is 34.6 Å². The second-order valence-corrected chi connectivity index (χ2v) is 11.7. The first-order valence-electron chi connectivity index (χ1n) is 9.86. The summed E-state index contributed by atoms with van der Waals surface area (Å²) >= 11 is 1.27. The highest BCUT2D eigenvalue weighted by Crippen LogP contribution is 2.43. The number of aromatic nitrogens is 1. The van der Waals surface area contributed by atoms with Crippen LogP contribution < -0.4 is 10.2 Å². The zero-order valence-electron chi connectivity index (χ0n) is 17.5. The molecule has 9 heteroatoms. The van der Waals surface area contributed by atoms with Crippen LogP contribution in [0.5, 0.6) is 5.75 Å². The smallest absolute Gasteiger partial charge is 0.225 e. The van der Waals surface area contributed by atoms with E-state index in [9.17, 15) is 18.3 Å². The van der Waals surface area contributed by atoms with Crippen molar-refractivity contribution >= 4 is 31.4 Å². The van der Waals surface area contributed by atoms with Crippen LogP contribution in [0, 0.1) is 0 Å². The minimum absolute atomic E-state index is 0.144. The number of thiophene rings is 1. The van der Waals surface area contributed by atoms with Crippen LogP contribution in [0.4, 0.5) is 4.39 Å². The van der Waals surface area contributed by atoms with E-state index in [-0.39, 0.29) is 23.3 Å². The number of alkyl halides is 1. The largest absolute Gasteiger partial charge is 0.493 e. The van der Waals surface area contributed by atoms with Gasteiger partial charge in [-0.15, -0.1) is 11.3 Å². The zero-order valence-corrected chi connectivity index (χ0v) is 19.1. The van der Waals surface area contributed by atoms with Crippen molar-refractivity contribution in [1.82, 2.24) is 4.57 Å². The van der Waals surface area contributed by atoms with Crippen molar-refractivity contribution in [3.05, 3.63) is 57.2 Å². The molecule has 3 heterocycles. The Hall–Kier alpha value is -2.23. The molecule has 1 N–H and O–H groups in total. The summed E-state index contributed by atoms with van der Waals surface area (Å²) in [5.74, 6) is -2.04. The van der Waals surface area contributed by atoms with Crippen LogP contribution in [0.25, 0.3) is 10.2 Å². The third kappa shape index (κ3) is 4.26. The number of benzene rings is 1. The third-order valence-corrected chi connectivity index (χ3v) is 7.63. The molecular formula is C22H24FNO5S2. The number of rotatable bonds is 6. The molecule has 0 saturated carbocycles. The van der Waals surface area contributed by atoms with Crippen molar-refractivity contribution in [2.45, 2.75) is 49.4 Å². The maximum absolute atomic E-state index is 15.5. The van der Waals surface area contributed by atoms with Crippen LogP contribution in [0.2, 0.25) is 0 Å². The number of fused-ring (bicyclic) bond motifs is 2. The molecule has 0 fully saturated rings. The van der Waals surface area contributed by atoms with Gasteiger partial charge in [-0.3, -0.25) is 4.79 Å². The fraction of sp³-hybridized carbons (Fsp3) is 0.409. The van der Waals surface area contributed by atoms with Gasteiger partial charge in [-0.2, -0.15) is 0 Å². The maximum Gasteiger partial charge on any atom is 0.225 e. The molecular weight excluding hydrogens is 441 g/mol. The van der Waals surface area contributed by atoms with Crippen LogP contribution in [-0.2, 0) is 28.2 Å². The van der Waals surface area contributed by atoms with Gasteiger partial charge in [0.2, 0.25) is 5.85 Å². The Bertz CT molecular complexity index is 1320. The van der Waals surface area contributed by atoms with Gasteiger partial charge in [0, 0.05) is 36.9 Å². The van der Waals surface area contributed by atoms with Gasteiger partial charge < -0.3 is 14.4 Å². The third-order valence-electron chi connectivity index (χ3n) is 5.62. The van der Waals surface area contributed by atoms with Crippen molar-refractivity contribution in [3.63, 3.8) is 0 Å². The number of hydrogen-bond donors (Lipinski definition) is 1. The molecule has 0 bridgehead atoms. The van der Waals surface area contributed by atoms with Crippen molar-refractivity contribution < 1.29 is 22.7 Å². The Morgan fingerprint density at radius 2 is 2.03 bits per heavy atom. The highest BCUT2D eigenvalue weighted by molar-refractivity contribution is 7.90. The van der Waals surface area contributed by atoms with Gasteiger partial charge >= 0.3 is 0 Å². The molecule has 1 unspecified atom stereocenters. The van der Waals surface area contributed by atoms with Crippen molar-refractivity contribution in [2.24, 2.45) is 0 Å². The van der Waals surface area contributed by atoms with Crippen LogP contribution in [-0.4, -0.2) is 36.8 Å². The number of aliphatic hydroxyl groups is 1. The number of pyridine rings is 1. The quantitative estimate of drug-likeness (QED) is 0.603. The molecule has 0 saturated heterocycles. The lowest BCUT2D eigenvalue weighted by molar-refractivity contribution is -0.118. The van der Waals surface area contributed by atoms with Gasteiger partial charge in [-0.1, -0.05) is 13.8 Å². The van der Waals surface area contributed by atoms with Gasteiger partial charge in [0.15, 0.2) is 15.3 Å². The van der Waals surface area contributed by atoms with Crippen molar-refractivity contribution in [1.29, 1.82) is 0 Å². The number of sulfone groups is 1. The zero-order chi connectivity index (χ0) is 22.6. The topological polar surface area (TPSA) is 85.6 Å². The molecule has 0 aliphatic carbocycles. The van der Waals surface area contributed by atoms with Crippen LogP contribution in [0.1, 0.15) is 31.4 Å². The lowest BCUT2D eigenvalue weighted by Gasteiger charge is -2.33. The highest BCUT2D eigenvalue weighted by Gasteiger charge is 2.39.